The van der Waals surface area contributed by atoms with E-state index < -0.39 is 11.6 Å². The largest absolute Gasteiger partial charge is 0.469 e. The number of aryl methyl sites for hydroxylation is 2. The van der Waals surface area contributed by atoms with Crippen molar-refractivity contribution in [2.24, 2.45) is 0 Å². The third-order valence-corrected chi connectivity index (χ3v) is 3.37. The van der Waals surface area contributed by atoms with Crippen LogP contribution in [-0.4, -0.2) is 9.55 Å². The number of fused-ring (bicyclic) bond motifs is 1. The van der Waals surface area contributed by atoms with Gasteiger partial charge in [-0.1, -0.05) is 0 Å². The van der Waals surface area contributed by atoms with Gasteiger partial charge < -0.3 is 8.98 Å². The van der Waals surface area contributed by atoms with Crippen molar-refractivity contribution < 1.29 is 13.2 Å². The molecule has 3 nitrogen and oxygen atoms in total. The maximum Gasteiger partial charge on any atom is 0.153 e. The van der Waals surface area contributed by atoms with Gasteiger partial charge in [0.15, 0.2) is 5.82 Å². The van der Waals surface area contributed by atoms with Crippen LogP contribution in [-0.2, 0) is 18.8 Å². The van der Waals surface area contributed by atoms with Crippen LogP contribution in [0.15, 0.2) is 34.9 Å². The number of aromatic nitrogens is 2. The van der Waals surface area contributed by atoms with Gasteiger partial charge >= 0.3 is 0 Å². The Morgan fingerprint density at radius 1 is 1.30 bits per heavy atom. The number of hydrogen-bond acceptors (Lipinski definition) is 2. The molecular formula is C14H11ClF2N2O. The van der Waals surface area contributed by atoms with Gasteiger partial charge in [0.05, 0.1) is 17.7 Å². The summed E-state index contributed by atoms with van der Waals surface area (Å²) >= 11 is 5.83. The summed E-state index contributed by atoms with van der Waals surface area (Å²) in [4.78, 5) is 4.13. The number of nitrogens with zero attached hydrogens (tertiary/aromatic N) is 2. The molecule has 0 radical (unpaired) electrons. The quantitative estimate of drug-likeness (QED) is 0.684. The van der Waals surface area contributed by atoms with Gasteiger partial charge in [-0.05, 0) is 18.2 Å². The van der Waals surface area contributed by atoms with Crippen molar-refractivity contribution in [2.45, 2.75) is 18.8 Å². The van der Waals surface area contributed by atoms with Crippen LogP contribution in [0.1, 0.15) is 11.6 Å². The van der Waals surface area contributed by atoms with Gasteiger partial charge in [-0.25, -0.2) is 13.8 Å². The highest BCUT2D eigenvalue weighted by Gasteiger charge is 2.15. The molecule has 0 saturated heterocycles. The van der Waals surface area contributed by atoms with Gasteiger partial charge in [0.2, 0.25) is 0 Å². The van der Waals surface area contributed by atoms with Gasteiger partial charge in [0.25, 0.3) is 0 Å². The minimum absolute atomic E-state index is 0.133. The van der Waals surface area contributed by atoms with E-state index >= 15 is 0 Å². The molecule has 20 heavy (non-hydrogen) atoms. The second-order valence-electron chi connectivity index (χ2n) is 4.40. The van der Waals surface area contributed by atoms with E-state index in [1.807, 2.05) is 6.07 Å². The highest BCUT2D eigenvalue weighted by molar-refractivity contribution is 6.16. The van der Waals surface area contributed by atoms with Crippen molar-refractivity contribution in [2.75, 3.05) is 0 Å². The molecule has 0 amide bonds. The van der Waals surface area contributed by atoms with Gasteiger partial charge in [0, 0.05) is 19.0 Å². The van der Waals surface area contributed by atoms with Crippen molar-refractivity contribution in [3.63, 3.8) is 0 Å². The van der Waals surface area contributed by atoms with Crippen molar-refractivity contribution in [1.29, 1.82) is 0 Å². The highest BCUT2D eigenvalue weighted by Crippen LogP contribution is 2.22. The molecule has 0 N–H and O–H groups in total. The standard InChI is InChI=1S/C14H11ClF2N2O/c15-8-13-18-14-11(17)6-9(16)7-12(14)19(13)4-3-10-2-1-5-20-10/h1-2,5-7H,3-4,8H2. The second-order valence-corrected chi connectivity index (χ2v) is 4.67. The van der Waals surface area contributed by atoms with Crippen LogP contribution in [0.5, 0.6) is 0 Å². The molecule has 0 spiro atoms. The Kier molecular flexibility index (Phi) is 3.44. The Morgan fingerprint density at radius 2 is 2.15 bits per heavy atom. The first kappa shape index (κ1) is 13.1. The monoisotopic (exact) mass is 296 g/mol. The summed E-state index contributed by atoms with van der Waals surface area (Å²) in [7, 11) is 0. The van der Waals surface area contributed by atoms with Crippen LogP contribution < -0.4 is 0 Å². The maximum absolute atomic E-state index is 13.7. The van der Waals surface area contributed by atoms with Crippen LogP contribution in [0, 0.1) is 11.6 Å². The number of alkyl halides is 1. The van der Waals surface area contributed by atoms with E-state index in [0.717, 1.165) is 11.8 Å². The average Bonchev–Trinajstić information content (AvgIpc) is 3.03. The molecule has 0 atom stereocenters. The van der Waals surface area contributed by atoms with Crippen molar-refractivity contribution >= 4 is 22.6 Å². The Hall–Kier alpha value is -1.88. The zero-order valence-corrected chi connectivity index (χ0v) is 11.2. The SMILES string of the molecule is Fc1cc(F)c2nc(CCl)n(CCc3ccco3)c2c1. The van der Waals surface area contributed by atoms with Gasteiger partial charge in [-0.2, -0.15) is 0 Å². The molecule has 0 aliphatic carbocycles. The third-order valence-electron chi connectivity index (χ3n) is 3.13. The summed E-state index contributed by atoms with van der Waals surface area (Å²) in [6, 6.07) is 5.73. The Balaban J connectivity index is 2.03. The molecular weight excluding hydrogens is 286 g/mol. The average molecular weight is 297 g/mol. The lowest BCUT2D eigenvalue weighted by Gasteiger charge is -2.06. The van der Waals surface area contributed by atoms with Crippen molar-refractivity contribution in [1.82, 2.24) is 9.55 Å². The number of imidazole rings is 1. The summed E-state index contributed by atoms with van der Waals surface area (Å²) in [5.41, 5.74) is 0.547. The molecule has 0 fully saturated rings. The topological polar surface area (TPSA) is 31.0 Å². The molecule has 2 aromatic heterocycles. The van der Waals surface area contributed by atoms with E-state index in [-0.39, 0.29) is 11.4 Å². The molecule has 3 rings (SSSR count). The van der Waals surface area contributed by atoms with Gasteiger partial charge in [-0.3, -0.25) is 0 Å². The fourth-order valence-electron chi connectivity index (χ4n) is 2.23. The van der Waals surface area contributed by atoms with E-state index in [9.17, 15) is 8.78 Å². The van der Waals surface area contributed by atoms with Crippen LogP contribution in [0.3, 0.4) is 0 Å². The molecule has 2 heterocycles. The van der Waals surface area contributed by atoms with E-state index in [2.05, 4.69) is 4.98 Å². The maximum atomic E-state index is 13.7. The summed E-state index contributed by atoms with van der Waals surface area (Å²) in [5.74, 6) is 0.133. The van der Waals surface area contributed by atoms with E-state index in [1.54, 1.807) is 16.9 Å². The summed E-state index contributed by atoms with van der Waals surface area (Å²) in [5, 5.41) is 0. The smallest absolute Gasteiger partial charge is 0.153 e. The predicted octanol–water partition coefficient (Wildman–Crippen LogP) is 3.89. The molecule has 0 saturated carbocycles. The highest BCUT2D eigenvalue weighted by atomic mass is 35.5. The van der Waals surface area contributed by atoms with Crippen LogP contribution >= 0.6 is 11.6 Å². The molecule has 1 aromatic carbocycles. The minimum Gasteiger partial charge on any atom is -0.469 e. The van der Waals surface area contributed by atoms with Crippen LogP contribution in [0.4, 0.5) is 8.78 Å². The summed E-state index contributed by atoms with van der Waals surface area (Å²) < 4.78 is 34.1. The van der Waals surface area contributed by atoms with E-state index in [4.69, 9.17) is 16.0 Å². The number of hydrogen-bond donors (Lipinski definition) is 0. The Bertz CT molecular complexity index is 737. The van der Waals surface area contributed by atoms with Gasteiger partial charge in [-0.15, -0.1) is 11.6 Å². The fourth-order valence-corrected chi connectivity index (χ4v) is 2.43. The van der Waals surface area contributed by atoms with Crippen LogP contribution in [0.25, 0.3) is 11.0 Å². The van der Waals surface area contributed by atoms with Crippen LogP contribution in [0.2, 0.25) is 0 Å². The number of furan rings is 1. The zero-order chi connectivity index (χ0) is 14.1. The van der Waals surface area contributed by atoms with Crippen molar-refractivity contribution in [3.8, 4) is 0 Å². The van der Waals surface area contributed by atoms with E-state index in [1.165, 1.54) is 6.07 Å². The fraction of sp³-hybridized carbons (Fsp3) is 0.214. The lowest BCUT2D eigenvalue weighted by molar-refractivity contribution is 0.491. The Labute approximate surface area is 118 Å². The van der Waals surface area contributed by atoms with Gasteiger partial charge in [0.1, 0.15) is 22.9 Å². The lowest BCUT2D eigenvalue weighted by atomic mass is 10.2. The van der Waals surface area contributed by atoms with Crippen molar-refractivity contribution in [3.05, 3.63) is 53.7 Å². The molecule has 0 bridgehead atoms. The predicted molar refractivity (Wildman–Crippen MR) is 71.6 cm³/mol. The lowest BCUT2D eigenvalue weighted by Crippen LogP contribution is -2.04. The number of benzene rings is 1. The summed E-state index contributed by atoms with van der Waals surface area (Å²) in [6.45, 7) is 0.495. The first-order chi connectivity index (χ1) is 9.69. The summed E-state index contributed by atoms with van der Waals surface area (Å²) in [6.07, 6.45) is 2.18. The molecule has 3 aromatic rings. The minimum atomic E-state index is -0.678. The zero-order valence-electron chi connectivity index (χ0n) is 10.4. The molecule has 0 aliphatic heterocycles. The number of halogens is 3. The molecule has 0 unspecified atom stereocenters. The third kappa shape index (κ3) is 2.29. The first-order valence-electron chi connectivity index (χ1n) is 6.11. The second kappa shape index (κ2) is 5.25. The molecule has 0 aliphatic rings. The van der Waals surface area contributed by atoms with E-state index in [0.29, 0.717) is 24.3 Å². The first-order valence-corrected chi connectivity index (χ1v) is 6.65. The number of rotatable bonds is 4. The molecule has 104 valence electrons. The molecule has 6 heteroatoms. The normalized spacial score (nSPS) is 11.3. The Morgan fingerprint density at radius 3 is 2.85 bits per heavy atom.